The molecule has 26 heavy (non-hydrogen) atoms. The van der Waals surface area contributed by atoms with E-state index in [0.29, 0.717) is 18.5 Å². The van der Waals surface area contributed by atoms with E-state index in [-0.39, 0.29) is 5.91 Å². The van der Waals surface area contributed by atoms with Crippen molar-refractivity contribution in [3.8, 4) is 11.8 Å². The van der Waals surface area contributed by atoms with Gasteiger partial charge in [0.25, 0.3) is 0 Å². The Morgan fingerprint density at radius 2 is 1.81 bits per heavy atom. The Bertz CT molecular complexity index is 733. The van der Waals surface area contributed by atoms with Crippen LogP contribution in [0, 0.1) is 11.3 Å². The normalized spacial score (nSPS) is 10.4. The molecular weight excluding hydrogens is 326 g/mol. The number of nitrogens with one attached hydrogen (secondary N) is 1. The fraction of sp³-hybridized carbons (Fsp3) is 0.333. The predicted molar refractivity (Wildman–Crippen MR) is 103 cm³/mol. The van der Waals surface area contributed by atoms with Gasteiger partial charge in [-0.2, -0.15) is 5.26 Å². The maximum absolute atomic E-state index is 12.0. The molecule has 0 aromatic heterocycles. The number of aryl methyl sites for hydroxylation is 1. The zero-order valence-electron chi connectivity index (χ0n) is 15.4. The highest BCUT2D eigenvalue weighted by Crippen LogP contribution is 2.13. The summed E-state index contributed by atoms with van der Waals surface area (Å²) in [5.41, 5.74) is 2.59. The molecule has 0 aliphatic heterocycles. The van der Waals surface area contributed by atoms with Crippen LogP contribution < -0.4 is 10.1 Å². The van der Waals surface area contributed by atoms with Gasteiger partial charge in [0.2, 0.25) is 5.91 Å². The molecule has 2 rings (SSSR count). The number of anilines is 1. The largest absolute Gasteiger partial charge is 0.497 e. The number of carbonyl (C=O) groups excluding carboxylic acids is 1. The van der Waals surface area contributed by atoms with Crippen LogP contribution in [-0.4, -0.2) is 38.1 Å². The Labute approximate surface area is 155 Å². The molecular formula is C21H25N3O2. The van der Waals surface area contributed by atoms with E-state index in [1.54, 1.807) is 31.4 Å². The molecule has 0 heterocycles. The monoisotopic (exact) mass is 351 g/mol. The number of carbonyl (C=O) groups is 1. The van der Waals surface area contributed by atoms with E-state index in [0.717, 1.165) is 30.8 Å². The molecule has 0 atom stereocenters. The summed E-state index contributed by atoms with van der Waals surface area (Å²) in [7, 11) is 3.70. The van der Waals surface area contributed by atoms with E-state index in [1.165, 1.54) is 5.56 Å². The van der Waals surface area contributed by atoms with Gasteiger partial charge in [0, 0.05) is 18.7 Å². The van der Waals surface area contributed by atoms with Gasteiger partial charge in [0.1, 0.15) is 5.75 Å². The second kappa shape index (κ2) is 10.2. The van der Waals surface area contributed by atoms with Crippen LogP contribution in [0.25, 0.3) is 0 Å². The number of nitriles is 1. The number of ether oxygens (including phenoxy) is 1. The van der Waals surface area contributed by atoms with Crippen molar-refractivity contribution >= 4 is 11.6 Å². The van der Waals surface area contributed by atoms with Crippen molar-refractivity contribution in [1.82, 2.24) is 4.90 Å². The number of amides is 1. The van der Waals surface area contributed by atoms with Crippen LogP contribution >= 0.6 is 0 Å². The third-order valence-electron chi connectivity index (χ3n) is 4.18. The average molecular weight is 351 g/mol. The SMILES string of the molecule is COc1ccc(CCCN(C)CCC(=O)Nc2ccc(C#N)cc2)cc1. The van der Waals surface area contributed by atoms with Crippen LogP contribution in [0.1, 0.15) is 24.0 Å². The molecule has 0 saturated carbocycles. The zero-order chi connectivity index (χ0) is 18.8. The molecule has 2 aromatic rings. The van der Waals surface area contributed by atoms with E-state index in [1.807, 2.05) is 19.2 Å². The van der Waals surface area contributed by atoms with E-state index in [2.05, 4.69) is 28.4 Å². The molecule has 0 aliphatic carbocycles. The van der Waals surface area contributed by atoms with Crippen LogP contribution in [0.5, 0.6) is 5.75 Å². The van der Waals surface area contributed by atoms with Gasteiger partial charge in [-0.15, -0.1) is 0 Å². The number of hydrogen-bond acceptors (Lipinski definition) is 4. The first kappa shape index (κ1) is 19.5. The lowest BCUT2D eigenvalue weighted by atomic mass is 10.1. The fourth-order valence-corrected chi connectivity index (χ4v) is 2.60. The van der Waals surface area contributed by atoms with Crippen LogP contribution in [0.3, 0.4) is 0 Å². The van der Waals surface area contributed by atoms with Gasteiger partial charge in [-0.1, -0.05) is 12.1 Å². The summed E-state index contributed by atoms with van der Waals surface area (Å²) in [6.07, 6.45) is 2.49. The molecule has 5 nitrogen and oxygen atoms in total. The van der Waals surface area contributed by atoms with Crippen molar-refractivity contribution in [2.45, 2.75) is 19.3 Å². The van der Waals surface area contributed by atoms with Gasteiger partial charge in [-0.05, 0) is 68.4 Å². The van der Waals surface area contributed by atoms with Crippen molar-refractivity contribution in [2.75, 3.05) is 32.6 Å². The second-order valence-corrected chi connectivity index (χ2v) is 6.24. The first-order chi connectivity index (χ1) is 12.6. The third kappa shape index (κ3) is 6.58. The summed E-state index contributed by atoms with van der Waals surface area (Å²) in [6.45, 7) is 1.65. The third-order valence-corrected chi connectivity index (χ3v) is 4.18. The molecule has 136 valence electrons. The van der Waals surface area contributed by atoms with E-state index in [9.17, 15) is 4.79 Å². The highest BCUT2D eigenvalue weighted by molar-refractivity contribution is 5.90. The zero-order valence-corrected chi connectivity index (χ0v) is 15.4. The number of hydrogen-bond donors (Lipinski definition) is 1. The number of nitrogens with zero attached hydrogens (tertiary/aromatic N) is 2. The molecule has 5 heteroatoms. The molecule has 0 saturated heterocycles. The minimum Gasteiger partial charge on any atom is -0.497 e. The van der Waals surface area contributed by atoms with Gasteiger partial charge in [-0.3, -0.25) is 4.79 Å². The van der Waals surface area contributed by atoms with E-state index in [4.69, 9.17) is 10.00 Å². The average Bonchev–Trinajstić information content (AvgIpc) is 2.67. The van der Waals surface area contributed by atoms with Gasteiger partial charge in [0.15, 0.2) is 0 Å². The minimum atomic E-state index is -0.0169. The second-order valence-electron chi connectivity index (χ2n) is 6.24. The van der Waals surface area contributed by atoms with Crippen molar-refractivity contribution in [3.63, 3.8) is 0 Å². The Morgan fingerprint density at radius 3 is 2.42 bits per heavy atom. The Morgan fingerprint density at radius 1 is 1.12 bits per heavy atom. The number of methoxy groups -OCH3 is 1. The maximum atomic E-state index is 12.0. The minimum absolute atomic E-state index is 0.0169. The van der Waals surface area contributed by atoms with Crippen LogP contribution in [-0.2, 0) is 11.2 Å². The standard InChI is InChI=1S/C21H25N3O2/c1-24(14-3-4-17-7-11-20(26-2)12-8-17)15-13-21(25)23-19-9-5-18(16-22)6-10-19/h5-12H,3-4,13-15H2,1-2H3,(H,23,25). The van der Waals surface area contributed by atoms with Crippen LogP contribution in [0.4, 0.5) is 5.69 Å². The molecule has 0 spiro atoms. The Hall–Kier alpha value is -2.84. The highest BCUT2D eigenvalue weighted by Gasteiger charge is 2.06. The van der Waals surface area contributed by atoms with Crippen molar-refractivity contribution in [3.05, 3.63) is 59.7 Å². The van der Waals surface area contributed by atoms with E-state index < -0.39 is 0 Å². The van der Waals surface area contributed by atoms with Crippen molar-refractivity contribution < 1.29 is 9.53 Å². The van der Waals surface area contributed by atoms with Gasteiger partial charge in [-0.25, -0.2) is 0 Å². The number of benzene rings is 2. The molecule has 1 N–H and O–H groups in total. The van der Waals surface area contributed by atoms with Gasteiger partial charge < -0.3 is 15.0 Å². The molecule has 0 aliphatic rings. The highest BCUT2D eigenvalue weighted by atomic mass is 16.5. The summed E-state index contributed by atoms with van der Waals surface area (Å²) in [6, 6.07) is 17.1. The Kier molecular flexibility index (Phi) is 7.66. The van der Waals surface area contributed by atoms with Gasteiger partial charge in [0.05, 0.1) is 18.7 Å². The molecule has 1 amide bonds. The summed E-state index contributed by atoms with van der Waals surface area (Å²) in [5.74, 6) is 0.857. The summed E-state index contributed by atoms with van der Waals surface area (Å²) in [5, 5.41) is 11.6. The molecule has 0 fully saturated rings. The first-order valence-corrected chi connectivity index (χ1v) is 8.72. The first-order valence-electron chi connectivity index (χ1n) is 8.72. The lowest BCUT2D eigenvalue weighted by molar-refractivity contribution is -0.116. The van der Waals surface area contributed by atoms with Crippen molar-refractivity contribution in [1.29, 1.82) is 5.26 Å². The Balaban J connectivity index is 1.64. The summed E-state index contributed by atoms with van der Waals surface area (Å²) < 4.78 is 5.16. The predicted octanol–water partition coefficient (Wildman–Crippen LogP) is 3.46. The molecule has 2 aromatic carbocycles. The molecule has 0 unspecified atom stereocenters. The summed E-state index contributed by atoms with van der Waals surface area (Å²) >= 11 is 0. The molecule has 0 radical (unpaired) electrons. The quantitative estimate of drug-likeness (QED) is 0.751. The van der Waals surface area contributed by atoms with Crippen molar-refractivity contribution in [2.24, 2.45) is 0 Å². The molecule has 0 bridgehead atoms. The summed E-state index contributed by atoms with van der Waals surface area (Å²) in [4.78, 5) is 14.2. The van der Waals surface area contributed by atoms with Gasteiger partial charge >= 0.3 is 0 Å². The van der Waals surface area contributed by atoms with Crippen LogP contribution in [0.15, 0.2) is 48.5 Å². The fourth-order valence-electron chi connectivity index (χ4n) is 2.60. The lowest BCUT2D eigenvalue weighted by Gasteiger charge is -2.16. The number of rotatable bonds is 9. The lowest BCUT2D eigenvalue weighted by Crippen LogP contribution is -2.25. The van der Waals surface area contributed by atoms with E-state index >= 15 is 0 Å². The maximum Gasteiger partial charge on any atom is 0.225 e. The smallest absolute Gasteiger partial charge is 0.225 e. The topological polar surface area (TPSA) is 65.4 Å². The van der Waals surface area contributed by atoms with Crippen LogP contribution in [0.2, 0.25) is 0 Å².